The van der Waals surface area contributed by atoms with E-state index in [1.54, 1.807) is 0 Å². The number of benzene rings is 1. The molecule has 0 amide bonds. The topological polar surface area (TPSA) is 50.4 Å². The van der Waals surface area contributed by atoms with Crippen LogP contribution in [0.3, 0.4) is 0 Å². The fraction of sp³-hybridized carbons (Fsp3) is 0.273. The van der Waals surface area contributed by atoms with Crippen LogP contribution in [0, 0.1) is 0 Å². The van der Waals surface area contributed by atoms with E-state index in [4.69, 9.17) is 5.73 Å². The summed E-state index contributed by atoms with van der Waals surface area (Å²) in [5.41, 5.74) is 10.2. The van der Waals surface area contributed by atoms with Gasteiger partial charge in [-0.1, -0.05) is 37.3 Å². The maximum absolute atomic E-state index is 5.30. The summed E-state index contributed by atoms with van der Waals surface area (Å²) >= 11 is 4.69. The first-order chi connectivity index (χ1) is 7.22. The second-order valence-electron chi connectivity index (χ2n) is 3.17. The van der Waals surface area contributed by atoms with Crippen molar-refractivity contribution in [1.82, 2.24) is 5.43 Å². The minimum Gasteiger partial charge on any atom is -0.375 e. The molecular formula is C11H15N3S. The second kappa shape index (κ2) is 6.14. The van der Waals surface area contributed by atoms with E-state index in [2.05, 4.69) is 41.8 Å². The third-order valence-corrected chi connectivity index (χ3v) is 2.07. The van der Waals surface area contributed by atoms with Crippen LogP contribution in [0.5, 0.6) is 0 Å². The monoisotopic (exact) mass is 221 g/mol. The zero-order valence-corrected chi connectivity index (χ0v) is 9.55. The van der Waals surface area contributed by atoms with Crippen LogP contribution < -0.4 is 11.2 Å². The fourth-order valence-corrected chi connectivity index (χ4v) is 1.25. The van der Waals surface area contributed by atoms with Crippen molar-refractivity contribution >= 4 is 23.0 Å². The van der Waals surface area contributed by atoms with Crippen molar-refractivity contribution in [3.8, 4) is 0 Å². The highest BCUT2D eigenvalue weighted by Gasteiger charge is 1.98. The van der Waals surface area contributed by atoms with Crippen molar-refractivity contribution in [2.45, 2.75) is 19.8 Å². The first-order valence-electron chi connectivity index (χ1n) is 4.87. The van der Waals surface area contributed by atoms with Crippen LogP contribution in [0.15, 0.2) is 35.4 Å². The molecule has 4 heteroatoms. The Morgan fingerprint density at radius 3 is 2.60 bits per heavy atom. The molecule has 0 aromatic heterocycles. The van der Waals surface area contributed by atoms with Crippen molar-refractivity contribution in [2.75, 3.05) is 0 Å². The summed E-state index contributed by atoms with van der Waals surface area (Å²) in [6.45, 7) is 2.06. The first-order valence-corrected chi connectivity index (χ1v) is 5.28. The van der Waals surface area contributed by atoms with Gasteiger partial charge in [-0.15, -0.1) is 0 Å². The zero-order valence-electron chi connectivity index (χ0n) is 8.73. The van der Waals surface area contributed by atoms with E-state index in [1.807, 2.05) is 18.2 Å². The summed E-state index contributed by atoms with van der Waals surface area (Å²) in [6, 6.07) is 10.2. The molecule has 0 bridgehead atoms. The molecule has 0 aliphatic heterocycles. The molecule has 0 fully saturated rings. The lowest BCUT2D eigenvalue weighted by Crippen LogP contribution is -2.25. The van der Waals surface area contributed by atoms with E-state index < -0.39 is 0 Å². The van der Waals surface area contributed by atoms with Gasteiger partial charge in [-0.25, -0.2) is 0 Å². The van der Waals surface area contributed by atoms with Gasteiger partial charge in [0.15, 0.2) is 5.11 Å². The summed E-state index contributed by atoms with van der Waals surface area (Å²) in [5.74, 6) is 0. The van der Waals surface area contributed by atoms with Crippen LogP contribution in [0.2, 0.25) is 0 Å². The average molecular weight is 221 g/mol. The summed E-state index contributed by atoms with van der Waals surface area (Å²) < 4.78 is 0. The number of hydrazone groups is 1. The zero-order chi connectivity index (χ0) is 11.1. The summed E-state index contributed by atoms with van der Waals surface area (Å²) in [4.78, 5) is 0. The van der Waals surface area contributed by atoms with E-state index in [1.165, 1.54) is 5.56 Å². The molecule has 0 radical (unpaired) electrons. The molecule has 0 saturated carbocycles. The highest BCUT2D eigenvalue weighted by Crippen LogP contribution is 2.02. The SMILES string of the molecule is CC/C(Cc1ccccc1)=N\NC(N)=S. The van der Waals surface area contributed by atoms with Crippen LogP contribution in [-0.2, 0) is 6.42 Å². The van der Waals surface area contributed by atoms with Crippen LogP contribution in [0.4, 0.5) is 0 Å². The van der Waals surface area contributed by atoms with E-state index in [0.29, 0.717) is 0 Å². The van der Waals surface area contributed by atoms with Crippen molar-refractivity contribution in [2.24, 2.45) is 10.8 Å². The number of hydrogen-bond acceptors (Lipinski definition) is 2. The van der Waals surface area contributed by atoms with Crippen molar-refractivity contribution in [3.05, 3.63) is 35.9 Å². The third kappa shape index (κ3) is 4.56. The van der Waals surface area contributed by atoms with E-state index >= 15 is 0 Å². The van der Waals surface area contributed by atoms with Gasteiger partial charge < -0.3 is 5.73 Å². The third-order valence-electron chi connectivity index (χ3n) is 1.98. The van der Waals surface area contributed by atoms with Gasteiger partial charge in [0.25, 0.3) is 0 Å². The van der Waals surface area contributed by atoms with Crippen LogP contribution in [0.25, 0.3) is 0 Å². The molecule has 80 valence electrons. The molecule has 15 heavy (non-hydrogen) atoms. The van der Waals surface area contributed by atoms with Crippen LogP contribution in [0.1, 0.15) is 18.9 Å². The second-order valence-corrected chi connectivity index (χ2v) is 3.61. The maximum Gasteiger partial charge on any atom is 0.184 e. The largest absolute Gasteiger partial charge is 0.375 e. The van der Waals surface area contributed by atoms with Gasteiger partial charge in [-0.05, 0) is 24.2 Å². The van der Waals surface area contributed by atoms with Gasteiger partial charge in [0.2, 0.25) is 0 Å². The normalized spacial score (nSPS) is 11.1. The maximum atomic E-state index is 5.30. The predicted octanol–water partition coefficient (Wildman–Crippen LogP) is 1.83. The quantitative estimate of drug-likeness (QED) is 0.463. The summed E-state index contributed by atoms with van der Waals surface area (Å²) in [5, 5.41) is 4.34. The number of nitrogens with two attached hydrogens (primary N) is 1. The Balaban J connectivity index is 2.61. The molecule has 3 nitrogen and oxygen atoms in total. The van der Waals surface area contributed by atoms with E-state index in [0.717, 1.165) is 18.6 Å². The smallest absolute Gasteiger partial charge is 0.184 e. The highest BCUT2D eigenvalue weighted by molar-refractivity contribution is 7.80. The molecule has 1 aromatic carbocycles. The van der Waals surface area contributed by atoms with Gasteiger partial charge in [0.1, 0.15) is 0 Å². The van der Waals surface area contributed by atoms with Crippen molar-refractivity contribution in [1.29, 1.82) is 0 Å². The molecule has 1 aromatic rings. The Hall–Kier alpha value is -1.42. The van der Waals surface area contributed by atoms with Gasteiger partial charge in [0.05, 0.1) is 0 Å². The van der Waals surface area contributed by atoms with Gasteiger partial charge in [0, 0.05) is 12.1 Å². The summed E-state index contributed by atoms with van der Waals surface area (Å²) in [6.07, 6.45) is 1.71. The standard InChI is InChI=1S/C11H15N3S/c1-2-10(13-14-11(12)15)8-9-6-4-3-5-7-9/h3-7H,2,8H2,1H3,(H3,12,14,15)/b13-10+. The van der Waals surface area contributed by atoms with Gasteiger partial charge >= 0.3 is 0 Å². The molecule has 0 atom stereocenters. The Morgan fingerprint density at radius 1 is 1.40 bits per heavy atom. The Kier molecular flexibility index (Phi) is 4.77. The van der Waals surface area contributed by atoms with E-state index in [-0.39, 0.29) is 5.11 Å². The van der Waals surface area contributed by atoms with E-state index in [9.17, 15) is 0 Å². The molecule has 0 aliphatic rings. The van der Waals surface area contributed by atoms with Crippen LogP contribution in [-0.4, -0.2) is 10.8 Å². The number of nitrogens with zero attached hydrogens (tertiary/aromatic N) is 1. The lowest BCUT2D eigenvalue weighted by Gasteiger charge is -2.04. The lowest BCUT2D eigenvalue weighted by atomic mass is 10.1. The number of hydrogen-bond donors (Lipinski definition) is 2. The molecule has 3 N–H and O–H groups in total. The minimum atomic E-state index is 0.203. The molecule has 1 rings (SSSR count). The molecule has 0 spiro atoms. The van der Waals surface area contributed by atoms with Crippen LogP contribution >= 0.6 is 12.2 Å². The first kappa shape index (κ1) is 11.7. The minimum absolute atomic E-state index is 0.203. The Morgan fingerprint density at radius 2 is 2.07 bits per heavy atom. The van der Waals surface area contributed by atoms with Crippen molar-refractivity contribution in [3.63, 3.8) is 0 Å². The van der Waals surface area contributed by atoms with Crippen molar-refractivity contribution < 1.29 is 0 Å². The molecule has 0 unspecified atom stereocenters. The number of thiocarbonyl (C=S) groups is 1. The molecular weight excluding hydrogens is 206 g/mol. The number of nitrogens with one attached hydrogen (secondary N) is 1. The van der Waals surface area contributed by atoms with Gasteiger partial charge in [-0.2, -0.15) is 5.10 Å². The molecule has 0 aliphatic carbocycles. The fourth-order valence-electron chi connectivity index (χ4n) is 1.21. The molecule has 0 heterocycles. The van der Waals surface area contributed by atoms with Gasteiger partial charge in [-0.3, -0.25) is 5.43 Å². The molecule has 0 saturated heterocycles. The highest BCUT2D eigenvalue weighted by atomic mass is 32.1. The predicted molar refractivity (Wildman–Crippen MR) is 67.8 cm³/mol. The summed E-state index contributed by atoms with van der Waals surface area (Å²) in [7, 11) is 0. The Labute approximate surface area is 95.4 Å². The lowest BCUT2D eigenvalue weighted by molar-refractivity contribution is 0.992. The number of rotatable bonds is 4. The average Bonchev–Trinajstić information content (AvgIpc) is 2.25. The Bertz CT molecular complexity index is 346.